The summed E-state index contributed by atoms with van der Waals surface area (Å²) in [6, 6.07) is 0. The Kier molecular flexibility index (Phi) is 2.70. The van der Waals surface area contributed by atoms with Crippen molar-refractivity contribution in [1.29, 1.82) is 0 Å². The van der Waals surface area contributed by atoms with Crippen LogP contribution in [0.4, 0.5) is 0 Å². The third-order valence-corrected chi connectivity index (χ3v) is 3.42. The van der Waals surface area contributed by atoms with Gasteiger partial charge in [-0.1, -0.05) is 0 Å². The molecule has 19 heavy (non-hydrogen) atoms. The van der Waals surface area contributed by atoms with Crippen molar-refractivity contribution in [2.45, 2.75) is 0 Å². The van der Waals surface area contributed by atoms with Crippen LogP contribution in [0.2, 0.25) is 0 Å². The van der Waals surface area contributed by atoms with E-state index >= 15 is 0 Å². The van der Waals surface area contributed by atoms with Gasteiger partial charge in [0.15, 0.2) is 5.82 Å². The summed E-state index contributed by atoms with van der Waals surface area (Å²) in [6.45, 7) is 0. The first kappa shape index (κ1) is 12.0. The summed E-state index contributed by atoms with van der Waals surface area (Å²) in [5.74, 6) is 0.551. The van der Waals surface area contributed by atoms with Crippen LogP contribution in [-0.4, -0.2) is 24.3 Å². The highest BCUT2D eigenvalue weighted by Gasteiger charge is 2.10. The fraction of sp³-hybridized carbons (Fsp3) is 0.167. The lowest BCUT2D eigenvalue weighted by atomic mass is 10.3. The van der Waals surface area contributed by atoms with Crippen molar-refractivity contribution in [2.75, 3.05) is 0 Å². The molecule has 6 nitrogen and oxygen atoms in total. The zero-order chi connectivity index (χ0) is 13.6. The first-order valence-electron chi connectivity index (χ1n) is 5.57. The second kappa shape index (κ2) is 4.27. The van der Waals surface area contributed by atoms with Gasteiger partial charge in [-0.2, -0.15) is 5.10 Å². The maximum absolute atomic E-state index is 12.0. The van der Waals surface area contributed by atoms with E-state index in [2.05, 4.69) is 31.0 Å². The third-order valence-electron chi connectivity index (χ3n) is 2.84. The zero-order valence-electron chi connectivity index (χ0n) is 10.3. The topological polar surface area (TPSA) is 65.6 Å². The lowest BCUT2D eigenvalue weighted by molar-refractivity contribution is 0.768. The molecule has 0 fully saturated rings. The van der Waals surface area contributed by atoms with Crippen molar-refractivity contribution < 1.29 is 0 Å². The molecule has 0 bridgehead atoms. The Balaban J connectivity index is 2.30. The predicted octanol–water partition coefficient (Wildman–Crippen LogP) is 1.49. The van der Waals surface area contributed by atoms with Crippen LogP contribution in [0.5, 0.6) is 0 Å². The second-order valence-electron chi connectivity index (χ2n) is 4.25. The average Bonchev–Trinajstić information content (AvgIpc) is 2.82. The Bertz CT molecular complexity index is 836. The van der Waals surface area contributed by atoms with E-state index in [0.29, 0.717) is 16.7 Å². The van der Waals surface area contributed by atoms with E-state index in [-0.39, 0.29) is 5.56 Å². The number of fused-ring (bicyclic) bond motifs is 1. The van der Waals surface area contributed by atoms with E-state index in [1.54, 1.807) is 30.3 Å². The molecule has 0 aliphatic carbocycles. The molecule has 3 heterocycles. The number of aryl methyl sites for hydroxylation is 2. The van der Waals surface area contributed by atoms with Crippen molar-refractivity contribution >= 4 is 26.8 Å². The van der Waals surface area contributed by atoms with Gasteiger partial charge in [0.05, 0.1) is 27.1 Å². The molecule has 0 saturated heterocycles. The molecule has 0 radical (unpaired) electrons. The first-order valence-corrected chi connectivity index (χ1v) is 6.36. The summed E-state index contributed by atoms with van der Waals surface area (Å²) >= 11 is 3.42. The van der Waals surface area contributed by atoms with Crippen LogP contribution in [0.1, 0.15) is 0 Å². The van der Waals surface area contributed by atoms with E-state index in [1.807, 2.05) is 13.2 Å². The van der Waals surface area contributed by atoms with Gasteiger partial charge in [0.2, 0.25) is 0 Å². The molecule has 3 aromatic heterocycles. The maximum Gasteiger partial charge on any atom is 0.261 e. The molecular weight excluding hydrogens is 310 g/mol. The van der Waals surface area contributed by atoms with Gasteiger partial charge in [-0.15, -0.1) is 0 Å². The maximum atomic E-state index is 12.0. The van der Waals surface area contributed by atoms with Crippen LogP contribution >= 0.6 is 15.9 Å². The molecule has 0 atom stereocenters. The number of hydrogen-bond acceptors (Lipinski definition) is 4. The van der Waals surface area contributed by atoms with Crippen molar-refractivity contribution in [3.05, 3.63) is 39.6 Å². The Labute approximate surface area is 116 Å². The highest BCUT2D eigenvalue weighted by molar-refractivity contribution is 9.10. The highest BCUT2D eigenvalue weighted by atomic mass is 79.9. The summed E-state index contributed by atoms with van der Waals surface area (Å²) in [6.07, 6.45) is 6.77. The van der Waals surface area contributed by atoms with Crippen LogP contribution in [0.25, 0.3) is 22.3 Å². The molecule has 0 aromatic carbocycles. The second-order valence-corrected chi connectivity index (χ2v) is 5.11. The smallest absolute Gasteiger partial charge is 0.261 e. The van der Waals surface area contributed by atoms with Gasteiger partial charge in [-0.05, 0) is 15.9 Å². The van der Waals surface area contributed by atoms with Crippen LogP contribution in [0.3, 0.4) is 0 Å². The highest BCUT2D eigenvalue weighted by Crippen LogP contribution is 2.21. The van der Waals surface area contributed by atoms with E-state index in [0.717, 1.165) is 10.0 Å². The molecule has 0 saturated carbocycles. The fourth-order valence-electron chi connectivity index (χ4n) is 1.88. The lowest BCUT2D eigenvalue weighted by Crippen LogP contribution is -2.17. The summed E-state index contributed by atoms with van der Waals surface area (Å²) in [5, 5.41) is 4.58. The van der Waals surface area contributed by atoms with Gasteiger partial charge in [0.25, 0.3) is 5.56 Å². The summed E-state index contributed by atoms with van der Waals surface area (Å²) in [5.41, 5.74) is 1.31. The van der Waals surface area contributed by atoms with Gasteiger partial charge < -0.3 is 4.57 Å². The largest absolute Gasteiger partial charge is 0.317 e. The van der Waals surface area contributed by atoms with Crippen molar-refractivity contribution in [3.63, 3.8) is 0 Å². The molecule has 0 aliphatic rings. The van der Waals surface area contributed by atoms with Gasteiger partial charge in [0.1, 0.15) is 0 Å². The van der Waals surface area contributed by atoms with Crippen molar-refractivity contribution in [1.82, 2.24) is 24.3 Å². The Hall–Kier alpha value is -2.02. The van der Waals surface area contributed by atoms with E-state index in [9.17, 15) is 4.79 Å². The molecule has 0 spiro atoms. The third kappa shape index (κ3) is 1.95. The van der Waals surface area contributed by atoms with Crippen molar-refractivity contribution in [3.8, 4) is 11.4 Å². The van der Waals surface area contributed by atoms with E-state index in [1.165, 1.54) is 4.57 Å². The fourth-order valence-corrected chi connectivity index (χ4v) is 2.49. The van der Waals surface area contributed by atoms with Gasteiger partial charge in [-0.25, -0.2) is 9.97 Å². The molecule has 0 aliphatic heterocycles. The molecule has 0 amide bonds. The van der Waals surface area contributed by atoms with Gasteiger partial charge >= 0.3 is 0 Å². The first-order chi connectivity index (χ1) is 9.06. The number of nitrogens with zero attached hydrogens (tertiary/aromatic N) is 5. The van der Waals surface area contributed by atoms with E-state index in [4.69, 9.17) is 0 Å². The summed E-state index contributed by atoms with van der Waals surface area (Å²) < 4.78 is 3.94. The summed E-state index contributed by atoms with van der Waals surface area (Å²) in [4.78, 5) is 20.6. The molecule has 7 heteroatoms. The number of halogens is 1. The Morgan fingerprint density at radius 2 is 2.00 bits per heavy atom. The molecule has 96 valence electrons. The zero-order valence-corrected chi connectivity index (χ0v) is 11.9. The standard InChI is InChI=1S/C12H10BrN5O/c1-17-6-9(13)10-8(12(17)19)4-14-11(16-10)7-3-15-18(2)5-7/h3-6H,1-2H3. The quantitative estimate of drug-likeness (QED) is 0.681. The number of pyridine rings is 1. The van der Waals surface area contributed by atoms with Gasteiger partial charge in [0, 0.05) is 32.7 Å². The van der Waals surface area contributed by atoms with E-state index < -0.39 is 0 Å². The number of hydrogen-bond donors (Lipinski definition) is 0. The van der Waals surface area contributed by atoms with Gasteiger partial charge in [-0.3, -0.25) is 9.48 Å². The molecule has 3 rings (SSSR count). The monoisotopic (exact) mass is 319 g/mol. The number of aromatic nitrogens is 5. The predicted molar refractivity (Wildman–Crippen MR) is 74.7 cm³/mol. The van der Waals surface area contributed by atoms with Crippen LogP contribution < -0.4 is 5.56 Å². The van der Waals surface area contributed by atoms with Crippen LogP contribution in [0, 0.1) is 0 Å². The summed E-state index contributed by atoms with van der Waals surface area (Å²) in [7, 11) is 3.53. The molecular formula is C12H10BrN5O. The molecule has 0 unspecified atom stereocenters. The number of rotatable bonds is 1. The Morgan fingerprint density at radius 3 is 2.68 bits per heavy atom. The minimum absolute atomic E-state index is 0.115. The minimum Gasteiger partial charge on any atom is -0.317 e. The minimum atomic E-state index is -0.115. The molecule has 3 aromatic rings. The SMILES string of the molecule is Cn1cc(-c2ncc3c(=O)n(C)cc(Br)c3n2)cn1. The Morgan fingerprint density at radius 1 is 1.21 bits per heavy atom. The average molecular weight is 320 g/mol. The van der Waals surface area contributed by atoms with Crippen LogP contribution in [0.15, 0.2) is 34.1 Å². The van der Waals surface area contributed by atoms with Crippen LogP contribution in [-0.2, 0) is 14.1 Å². The lowest BCUT2D eigenvalue weighted by Gasteiger charge is -2.04. The normalized spacial score (nSPS) is 11.1. The molecule has 0 N–H and O–H groups in total. The van der Waals surface area contributed by atoms with Crippen molar-refractivity contribution in [2.24, 2.45) is 14.1 Å².